The van der Waals surface area contributed by atoms with E-state index in [4.69, 9.17) is 9.47 Å². The maximum Gasteiger partial charge on any atom is 0.374 e. The normalized spacial score (nSPS) is 9.75. The number of benzene rings is 1. The Hall–Kier alpha value is -2.37. The molecular weight excluding hydrogens is 264 g/mol. The van der Waals surface area contributed by atoms with E-state index < -0.39 is 24.0 Å². The number of ether oxygens (including phenoxy) is 3. The van der Waals surface area contributed by atoms with Crippen LogP contribution in [0.3, 0.4) is 0 Å². The second kappa shape index (κ2) is 7.28. The van der Waals surface area contributed by atoms with E-state index in [9.17, 15) is 14.4 Å². The topological polar surface area (TPSA) is 78.9 Å². The molecule has 1 aromatic carbocycles. The fraction of sp³-hybridized carbons (Fsp3) is 0.357. The third-order valence-corrected chi connectivity index (χ3v) is 2.48. The number of ketones is 2. The highest BCUT2D eigenvalue weighted by atomic mass is 16.5. The summed E-state index contributed by atoms with van der Waals surface area (Å²) in [4.78, 5) is 34.3. The molecule has 0 radical (unpaired) electrons. The molecule has 1 aromatic rings. The average Bonchev–Trinajstić information content (AvgIpc) is 2.46. The van der Waals surface area contributed by atoms with Crippen molar-refractivity contribution in [1.82, 2.24) is 0 Å². The Morgan fingerprint density at radius 1 is 1.05 bits per heavy atom. The minimum atomic E-state index is -1.04. The summed E-state index contributed by atoms with van der Waals surface area (Å²) in [7, 11) is 2.54. The molecule has 0 heterocycles. The van der Waals surface area contributed by atoms with E-state index in [1.807, 2.05) is 6.92 Å². The minimum Gasteiger partial charge on any atom is -0.497 e. The second-order valence-corrected chi connectivity index (χ2v) is 3.84. The van der Waals surface area contributed by atoms with Crippen LogP contribution in [0.1, 0.15) is 23.7 Å². The van der Waals surface area contributed by atoms with E-state index in [-0.39, 0.29) is 5.56 Å². The van der Waals surface area contributed by atoms with Gasteiger partial charge < -0.3 is 14.2 Å². The van der Waals surface area contributed by atoms with E-state index in [1.54, 1.807) is 6.07 Å². The van der Waals surface area contributed by atoms with Gasteiger partial charge in [-0.2, -0.15) is 0 Å². The Morgan fingerprint density at radius 3 is 2.25 bits per heavy atom. The fourth-order valence-electron chi connectivity index (χ4n) is 1.53. The van der Waals surface area contributed by atoms with Crippen LogP contribution in [-0.4, -0.2) is 38.4 Å². The molecule has 0 saturated heterocycles. The second-order valence-electron chi connectivity index (χ2n) is 3.84. The quantitative estimate of drug-likeness (QED) is 0.325. The van der Waals surface area contributed by atoms with Crippen LogP contribution in [0.15, 0.2) is 18.2 Å². The van der Waals surface area contributed by atoms with Gasteiger partial charge in [-0.1, -0.05) is 0 Å². The molecule has 0 bridgehead atoms. The lowest BCUT2D eigenvalue weighted by Gasteiger charge is -2.08. The first-order valence-corrected chi connectivity index (χ1v) is 5.98. The van der Waals surface area contributed by atoms with Crippen LogP contribution < -0.4 is 9.47 Å². The third kappa shape index (κ3) is 4.08. The molecule has 0 spiro atoms. The monoisotopic (exact) mass is 280 g/mol. The summed E-state index contributed by atoms with van der Waals surface area (Å²) >= 11 is 0. The third-order valence-electron chi connectivity index (χ3n) is 2.48. The van der Waals surface area contributed by atoms with Crippen molar-refractivity contribution in [2.45, 2.75) is 13.3 Å². The first-order chi connectivity index (χ1) is 9.51. The largest absolute Gasteiger partial charge is 0.497 e. The van der Waals surface area contributed by atoms with Gasteiger partial charge in [-0.05, 0) is 19.1 Å². The molecule has 0 aliphatic rings. The van der Waals surface area contributed by atoms with E-state index >= 15 is 0 Å². The van der Waals surface area contributed by atoms with Gasteiger partial charge in [0.1, 0.15) is 11.5 Å². The molecule has 0 aliphatic heterocycles. The van der Waals surface area contributed by atoms with E-state index in [0.717, 1.165) is 7.11 Å². The number of carbonyl (C=O) groups is 3. The summed E-state index contributed by atoms with van der Waals surface area (Å²) in [6.45, 7) is 2.24. The fourth-order valence-corrected chi connectivity index (χ4v) is 1.53. The van der Waals surface area contributed by atoms with Crippen molar-refractivity contribution < 1.29 is 28.6 Å². The van der Waals surface area contributed by atoms with Gasteiger partial charge in [0.05, 0.1) is 27.2 Å². The van der Waals surface area contributed by atoms with Gasteiger partial charge >= 0.3 is 5.97 Å². The maximum absolute atomic E-state index is 12.0. The lowest BCUT2D eigenvalue weighted by molar-refractivity contribution is -0.151. The van der Waals surface area contributed by atoms with Crippen LogP contribution in [0.4, 0.5) is 0 Å². The standard InChI is InChI=1S/C14H16O6/c1-4-20-11-6-9(5-10(7-11)18-2)12(15)8-13(16)14(17)19-3/h5-7H,4,8H2,1-3H3. The molecule has 0 amide bonds. The molecule has 0 atom stereocenters. The Morgan fingerprint density at radius 2 is 1.70 bits per heavy atom. The van der Waals surface area contributed by atoms with E-state index in [0.29, 0.717) is 18.1 Å². The number of hydrogen-bond donors (Lipinski definition) is 0. The number of Topliss-reactive ketones (excluding diaryl/α,β-unsaturated/α-hetero) is 2. The Bertz CT molecular complexity index is 520. The van der Waals surface area contributed by atoms with E-state index in [2.05, 4.69) is 4.74 Å². The van der Waals surface area contributed by atoms with Crippen molar-refractivity contribution in [2.24, 2.45) is 0 Å². The molecule has 20 heavy (non-hydrogen) atoms. The number of carbonyl (C=O) groups excluding carboxylic acids is 3. The molecule has 0 N–H and O–H groups in total. The highest BCUT2D eigenvalue weighted by Gasteiger charge is 2.20. The zero-order chi connectivity index (χ0) is 15.1. The van der Waals surface area contributed by atoms with Crippen molar-refractivity contribution in [1.29, 1.82) is 0 Å². The molecule has 0 fully saturated rings. The summed E-state index contributed by atoms with van der Waals surface area (Å²) < 4.78 is 14.6. The van der Waals surface area contributed by atoms with Crippen molar-refractivity contribution in [3.63, 3.8) is 0 Å². The van der Waals surface area contributed by atoms with Crippen molar-refractivity contribution in [2.75, 3.05) is 20.8 Å². The van der Waals surface area contributed by atoms with Gasteiger partial charge in [0.2, 0.25) is 5.78 Å². The van der Waals surface area contributed by atoms with Gasteiger partial charge in [-0.25, -0.2) is 4.79 Å². The van der Waals surface area contributed by atoms with Gasteiger partial charge in [0, 0.05) is 11.6 Å². The van der Waals surface area contributed by atoms with Gasteiger partial charge in [-0.15, -0.1) is 0 Å². The van der Waals surface area contributed by atoms with Gasteiger partial charge in [0.25, 0.3) is 0 Å². The van der Waals surface area contributed by atoms with Crippen molar-refractivity contribution in [3.8, 4) is 11.5 Å². The number of rotatable bonds is 7. The highest BCUT2D eigenvalue weighted by Crippen LogP contribution is 2.23. The van der Waals surface area contributed by atoms with Crippen molar-refractivity contribution >= 4 is 17.5 Å². The van der Waals surface area contributed by atoms with Crippen LogP contribution >= 0.6 is 0 Å². The maximum atomic E-state index is 12.0. The van der Waals surface area contributed by atoms with Crippen LogP contribution in [0.25, 0.3) is 0 Å². The van der Waals surface area contributed by atoms with Crippen LogP contribution in [0.2, 0.25) is 0 Å². The lowest BCUT2D eigenvalue weighted by Crippen LogP contribution is -2.19. The molecule has 0 unspecified atom stereocenters. The summed E-state index contributed by atoms with van der Waals surface area (Å²) in [5.74, 6) is -1.53. The van der Waals surface area contributed by atoms with Crippen LogP contribution in [0, 0.1) is 0 Å². The van der Waals surface area contributed by atoms with Gasteiger partial charge in [-0.3, -0.25) is 9.59 Å². The molecule has 0 aliphatic carbocycles. The SMILES string of the molecule is CCOc1cc(OC)cc(C(=O)CC(=O)C(=O)OC)c1. The molecule has 1 rings (SSSR count). The molecule has 6 heteroatoms. The summed E-state index contributed by atoms with van der Waals surface area (Å²) in [5, 5.41) is 0. The first kappa shape index (κ1) is 15.7. The lowest BCUT2D eigenvalue weighted by atomic mass is 10.1. The highest BCUT2D eigenvalue weighted by molar-refractivity contribution is 6.38. The first-order valence-electron chi connectivity index (χ1n) is 5.98. The predicted octanol–water partition coefficient (Wildman–Crippen LogP) is 1.41. The smallest absolute Gasteiger partial charge is 0.374 e. The Kier molecular flexibility index (Phi) is 5.71. The molecule has 6 nitrogen and oxygen atoms in total. The molecule has 0 aromatic heterocycles. The van der Waals surface area contributed by atoms with Crippen LogP contribution in [0.5, 0.6) is 11.5 Å². The van der Waals surface area contributed by atoms with Crippen molar-refractivity contribution in [3.05, 3.63) is 23.8 Å². The zero-order valence-corrected chi connectivity index (χ0v) is 11.6. The summed E-state index contributed by atoms with van der Waals surface area (Å²) in [6.07, 6.45) is -0.550. The number of esters is 1. The molecule has 0 saturated carbocycles. The molecule has 108 valence electrons. The molecular formula is C14H16O6. The average molecular weight is 280 g/mol. The number of hydrogen-bond acceptors (Lipinski definition) is 6. The Balaban J connectivity index is 2.94. The summed E-state index contributed by atoms with van der Waals surface area (Å²) in [5.41, 5.74) is 0.241. The zero-order valence-electron chi connectivity index (χ0n) is 11.6. The van der Waals surface area contributed by atoms with E-state index in [1.165, 1.54) is 19.2 Å². The number of methoxy groups -OCH3 is 2. The predicted molar refractivity (Wildman–Crippen MR) is 70.1 cm³/mol. The summed E-state index contributed by atoms with van der Waals surface area (Å²) in [6, 6.07) is 4.61. The van der Waals surface area contributed by atoms with Crippen LogP contribution in [-0.2, 0) is 14.3 Å². The Labute approximate surface area is 116 Å². The minimum absolute atomic E-state index is 0.241. The van der Waals surface area contributed by atoms with Gasteiger partial charge in [0.15, 0.2) is 5.78 Å².